The van der Waals surface area contributed by atoms with Gasteiger partial charge in [0.05, 0.1) is 13.2 Å². The van der Waals surface area contributed by atoms with Gasteiger partial charge >= 0.3 is 0 Å². The zero-order valence-electron chi connectivity index (χ0n) is 16.6. The van der Waals surface area contributed by atoms with Gasteiger partial charge in [-0.3, -0.25) is 9.97 Å². The zero-order valence-corrected chi connectivity index (χ0v) is 16.6. The van der Waals surface area contributed by atoms with Gasteiger partial charge in [-0.1, -0.05) is 24.3 Å². The number of fused-ring (bicyclic) bond motifs is 2. The van der Waals surface area contributed by atoms with E-state index in [4.69, 9.17) is 9.47 Å². The summed E-state index contributed by atoms with van der Waals surface area (Å²) in [5, 5.41) is 21.6. The fourth-order valence-electron chi connectivity index (χ4n) is 3.46. The molecule has 0 saturated carbocycles. The van der Waals surface area contributed by atoms with Crippen LogP contribution < -0.4 is 0 Å². The van der Waals surface area contributed by atoms with Crippen LogP contribution in [-0.4, -0.2) is 33.4 Å². The number of benzene rings is 2. The van der Waals surface area contributed by atoms with E-state index in [1.54, 1.807) is 24.5 Å². The van der Waals surface area contributed by atoms with Crippen LogP contribution in [-0.2, 0) is 22.7 Å². The molecule has 0 spiro atoms. The van der Waals surface area contributed by atoms with Crippen molar-refractivity contribution in [2.24, 2.45) is 0 Å². The van der Waals surface area contributed by atoms with Gasteiger partial charge in [0.15, 0.2) is 0 Å². The number of aromatic nitrogens is 2. The molecule has 2 heterocycles. The van der Waals surface area contributed by atoms with Crippen molar-refractivity contribution in [3.63, 3.8) is 0 Å². The standard InChI is InChI=1S/C24H24N2O4/c27-21-9-7-17(19-5-3-11-25-23(19)21)15-29-13-1-2-14-30-16-18-8-10-22(28)24-20(18)6-4-12-26-24/h3-12,27-28H,1-2,13-16H2. The summed E-state index contributed by atoms with van der Waals surface area (Å²) in [6, 6.07) is 14.7. The second kappa shape index (κ2) is 9.52. The van der Waals surface area contributed by atoms with Crippen LogP contribution in [0.25, 0.3) is 21.8 Å². The van der Waals surface area contributed by atoms with Crippen LogP contribution in [0.4, 0.5) is 0 Å². The average Bonchev–Trinajstić information content (AvgIpc) is 2.78. The Bertz CT molecular complexity index is 1060. The number of ether oxygens (including phenoxy) is 2. The fourth-order valence-corrected chi connectivity index (χ4v) is 3.46. The number of nitrogens with zero attached hydrogens (tertiary/aromatic N) is 2. The molecule has 0 radical (unpaired) electrons. The molecule has 0 atom stereocenters. The Kier molecular flexibility index (Phi) is 6.37. The highest BCUT2D eigenvalue weighted by Gasteiger charge is 2.07. The number of rotatable bonds is 9. The summed E-state index contributed by atoms with van der Waals surface area (Å²) in [6.45, 7) is 2.24. The predicted molar refractivity (Wildman–Crippen MR) is 115 cm³/mol. The Morgan fingerprint density at radius 1 is 0.633 bits per heavy atom. The number of hydrogen-bond acceptors (Lipinski definition) is 6. The maximum atomic E-state index is 9.91. The van der Waals surface area contributed by atoms with Crippen molar-refractivity contribution in [2.45, 2.75) is 26.1 Å². The van der Waals surface area contributed by atoms with Crippen LogP contribution >= 0.6 is 0 Å². The van der Waals surface area contributed by atoms with Gasteiger partial charge in [0, 0.05) is 36.4 Å². The molecule has 0 aliphatic rings. The van der Waals surface area contributed by atoms with E-state index in [1.165, 1.54) is 0 Å². The number of phenols is 2. The molecular formula is C24H24N2O4. The lowest BCUT2D eigenvalue weighted by Gasteiger charge is -2.10. The maximum absolute atomic E-state index is 9.91. The van der Waals surface area contributed by atoms with Crippen LogP contribution in [0.2, 0.25) is 0 Å². The molecule has 0 unspecified atom stereocenters. The first-order valence-corrected chi connectivity index (χ1v) is 10.0. The number of phenolic OH excluding ortho intramolecular Hbond substituents is 2. The van der Waals surface area contributed by atoms with Gasteiger partial charge in [-0.05, 0) is 48.2 Å². The molecule has 2 aromatic heterocycles. The highest BCUT2D eigenvalue weighted by molar-refractivity contribution is 5.87. The third-order valence-electron chi connectivity index (χ3n) is 5.02. The van der Waals surface area contributed by atoms with E-state index in [-0.39, 0.29) is 11.5 Å². The van der Waals surface area contributed by atoms with Gasteiger partial charge in [0.1, 0.15) is 22.5 Å². The summed E-state index contributed by atoms with van der Waals surface area (Å²) in [7, 11) is 0. The molecule has 0 saturated heterocycles. The lowest BCUT2D eigenvalue weighted by Crippen LogP contribution is -2.01. The number of hydrogen-bond donors (Lipinski definition) is 2. The topological polar surface area (TPSA) is 84.7 Å². The third kappa shape index (κ3) is 4.50. The quantitative estimate of drug-likeness (QED) is 0.393. The van der Waals surface area contributed by atoms with E-state index in [0.29, 0.717) is 37.5 Å². The van der Waals surface area contributed by atoms with Crippen LogP contribution in [0.1, 0.15) is 24.0 Å². The van der Waals surface area contributed by atoms with Crippen molar-refractivity contribution in [3.05, 3.63) is 72.1 Å². The van der Waals surface area contributed by atoms with Crippen molar-refractivity contribution < 1.29 is 19.7 Å². The monoisotopic (exact) mass is 404 g/mol. The van der Waals surface area contributed by atoms with Crippen molar-refractivity contribution >= 4 is 21.8 Å². The Labute approximate surface area is 174 Å². The summed E-state index contributed by atoms with van der Waals surface area (Å²) >= 11 is 0. The summed E-state index contributed by atoms with van der Waals surface area (Å²) < 4.78 is 11.6. The zero-order chi connectivity index (χ0) is 20.8. The Balaban J connectivity index is 1.19. The van der Waals surface area contributed by atoms with Gasteiger partial charge in [-0.25, -0.2) is 0 Å². The van der Waals surface area contributed by atoms with E-state index < -0.39 is 0 Å². The van der Waals surface area contributed by atoms with Crippen LogP contribution in [0, 0.1) is 0 Å². The Morgan fingerprint density at radius 3 is 1.57 bits per heavy atom. The minimum atomic E-state index is 0.184. The van der Waals surface area contributed by atoms with Crippen molar-refractivity contribution in [3.8, 4) is 11.5 Å². The fraction of sp³-hybridized carbons (Fsp3) is 0.250. The van der Waals surface area contributed by atoms with Crippen molar-refractivity contribution in [1.82, 2.24) is 9.97 Å². The minimum absolute atomic E-state index is 0.184. The van der Waals surface area contributed by atoms with E-state index in [2.05, 4.69) is 9.97 Å². The van der Waals surface area contributed by atoms with E-state index in [1.807, 2.05) is 36.4 Å². The highest BCUT2D eigenvalue weighted by Crippen LogP contribution is 2.27. The molecule has 154 valence electrons. The Hall–Kier alpha value is -3.22. The normalized spacial score (nSPS) is 11.3. The van der Waals surface area contributed by atoms with E-state index in [9.17, 15) is 10.2 Å². The first-order valence-electron chi connectivity index (χ1n) is 10.0. The Morgan fingerprint density at radius 2 is 1.10 bits per heavy atom. The molecule has 6 nitrogen and oxygen atoms in total. The number of aromatic hydroxyl groups is 2. The molecular weight excluding hydrogens is 380 g/mol. The van der Waals surface area contributed by atoms with Gasteiger partial charge in [-0.15, -0.1) is 0 Å². The number of unbranched alkanes of at least 4 members (excludes halogenated alkanes) is 1. The molecule has 2 N–H and O–H groups in total. The highest BCUT2D eigenvalue weighted by atomic mass is 16.5. The molecule has 4 aromatic rings. The molecule has 0 bridgehead atoms. The van der Waals surface area contributed by atoms with Crippen molar-refractivity contribution in [2.75, 3.05) is 13.2 Å². The molecule has 0 amide bonds. The summed E-state index contributed by atoms with van der Waals surface area (Å²) in [4.78, 5) is 8.46. The maximum Gasteiger partial charge on any atom is 0.141 e. The predicted octanol–water partition coefficient (Wildman–Crippen LogP) is 4.71. The molecule has 0 aliphatic carbocycles. The lowest BCUT2D eigenvalue weighted by molar-refractivity contribution is 0.0905. The van der Waals surface area contributed by atoms with Crippen LogP contribution in [0.3, 0.4) is 0 Å². The second-order valence-corrected chi connectivity index (χ2v) is 7.10. The largest absolute Gasteiger partial charge is 0.506 e. The van der Waals surface area contributed by atoms with Crippen LogP contribution in [0.5, 0.6) is 11.5 Å². The van der Waals surface area contributed by atoms with Gasteiger partial charge < -0.3 is 19.7 Å². The average molecular weight is 404 g/mol. The first kappa shape index (κ1) is 20.1. The summed E-state index contributed by atoms with van der Waals surface area (Å²) in [5.74, 6) is 0.368. The van der Waals surface area contributed by atoms with Gasteiger partial charge in [0.25, 0.3) is 0 Å². The minimum Gasteiger partial charge on any atom is -0.506 e. The SMILES string of the molecule is Oc1ccc(COCCCCOCc2ccc(O)c3ncccc23)c2cccnc12. The molecule has 0 aliphatic heterocycles. The molecule has 4 rings (SSSR count). The number of pyridine rings is 2. The molecule has 2 aromatic carbocycles. The smallest absolute Gasteiger partial charge is 0.141 e. The van der Waals surface area contributed by atoms with Crippen LogP contribution in [0.15, 0.2) is 60.9 Å². The molecule has 30 heavy (non-hydrogen) atoms. The molecule has 6 heteroatoms. The van der Waals surface area contributed by atoms with Gasteiger partial charge in [-0.2, -0.15) is 0 Å². The first-order chi connectivity index (χ1) is 14.7. The summed E-state index contributed by atoms with van der Waals surface area (Å²) in [6.07, 6.45) is 5.13. The van der Waals surface area contributed by atoms with E-state index >= 15 is 0 Å². The van der Waals surface area contributed by atoms with Gasteiger partial charge in [0.2, 0.25) is 0 Å². The summed E-state index contributed by atoms with van der Waals surface area (Å²) in [5.41, 5.74) is 3.23. The molecule has 0 fully saturated rings. The second-order valence-electron chi connectivity index (χ2n) is 7.10. The van der Waals surface area contributed by atoms with E-state index in [0.717, 1.165) is 34.7 Å². The van der Waals surface area contributed by atoms with Crippen molar-refractivity contribution in [1.29, 1.82) is 0 Å². The third-order valence-corrected chi connectivity index (χ3v) is 5.02. The lowest BCUT2D eigenvalue weighted by atomic mass is 10.1.